The molecule has 156 valence electrons. The van der Waals surface area contributed by atoms with Crippen LogP contribution in [0.15, 0.2) is 53.4 Å². The largest absolute Gasteiger partial charge is 0.493 e. The van der Waals surface area contributed by atoms with Crippen molar-refractivity contribution in [3.05, 3.63) is 64.6 Å². The topological polar surface area (TPSA) is 84.9 Å². The third-order valence-electron chi connectivity index (χ3n) is 4.32. The van der Waals surface area contributed by atoms with Crippen molar-refractivity contribution in [3.63, 3.8) is 0 Å². The average molecular weight is 426 g/mol. The van der Waals surface area contributed by atoms with Gasteiger partial charge in [0.15, 0.2) is 11.5 Å². The Kier molecular flexibility index (Phi) is 7.13. The van der Waals surface area contributed by atoms with Crippen LogP contribution < -0.4 is 14.8 Å². The lowest BCUT2D eigenvalue weighted by Gasteiger charge is -2.13. The van der Waals surface area contributed by atoms with Crippen LogP contribution in [0.4, 0.5) is 4.79 Å². The predicted octanol–water partition coefficient (Wildman–Crippen LogP) is 3.56. The molecule has 30 heavy (non-hydrogen) atoms. The van der Waals surface area contributed by atoms with Crippen LogP contribution in [0.25, 0.3) is 6.08 Å². The number of hydrogen-bond donors (Lipinski definition) is 1. The first-order valence-corrected chi connectivity index (χ1v) is 10.2. The number of thioether (sulfide) groups is 1. The van der Waals surface area contributed by atoms with Gasteiger partial charge >= 0.3 is 0 Å². The number of carbonyl (C=O) groups is 3. The summed E-state index contributed by atoms with van der Waals surface area (Å²) in [6.07, 6.45) is 1.64. The Morgan fingerprint density at radius 1 is 1.13 bits per heavy atom. The normalized spacial score (nSPS) is 14.9. The van der Waals surface area contributed by atoms with E-state index in [1.54, 1.807) is 55.7 Å². The van der Waals surface area contributed by atoms with Gasteiger partial charge in [-0.1, -0.05) is 24.3 Å². The SMILES string of the molecule is CCOc1ccc(/C=C2\SC(=O)N(CCNC(=O)c3ccccc3)C2=O)cc1OC. The smallest absolute Gasteiger partial charge is 0.293 e. The van der Waals surface area contributed by atoms with Crippen molar-refractivity contribution in [1.82, 2.24) is 10.2 Å². The monoisotopic (exact) mass is 426 g/mol. The molecule has 1 fully saturated rings. The fourth-order valence-electron chi connectivity index (χ4n) is 2.87. The van der Waals surface area contributed by atoms with Gasteiger partial charge in [0, 0.05) is 18.7 Å². The van der Waals surface area contributed by atoms with E-state index in [0.717, 1.165) is 22.2 Å². The molecule has 1 N–H and O–H groups in total. The molecule has 0 radical (unpaired) electrons. The maximum atomic E-state index is 12.6. The number of rotatable bonds is 8. The number of hydrogen-bond acceptors (Lipinski definition) is 6. The zero-order valence-electron chi connectivity index (χ0n) is 16.7. The number of amides is 3. The number of carbonyl (C=O) groups excluding carboxylic acids is 3. The van der Waals surface area contributed by atoms with E-state index in [2.05, 4.69) is 5.32 Å². The molecule has 3 amide bonds. The highest BCUT2D eigenvalue weighted by Crippen LogP contribution is 2.34. The summed E-state index contributed by atoms with van der Waals surface area (Å²) in [5.74, 6) is 0.527. The van der Waals surface area contributed by atoms with Gasteiger partial charge in [0.2, 0.25) is 0 Å². The highest BCUT2D eigenvalue weighted by atomic mass is 32.2. The van der Waals surface area contributed by atoms with Gasteiger partial charge in [-0.05, 0) is 54.6 Å². The van der Waals surface area contributed by atoms with E-state index in [0.29, 0.717) is 28.6 Å². The zero-order valence-corrected chi connectivity index (χ0v) is 17.5. The maximum absolute atomic E-state index is 12.6. The van der Waals surface area contributed by atoms with Crippen molar-refractivity contribution < 1.29 is 23.9 Å². The Morgan fingerprint density at radius 2 is 1.90 bits per heavy atom. The Morgan fingerprint density at radius 3 is 2.60 bits per heavy atom. The number of benzene rings is 2. The minimum absolute atomic E-state index is 0.104. The van der Waals surface area contributed by atoms with Gasteiger partial charge in [0.25, 0.3) is 17.1 Å². The summed E-state index contributed by atoms with van der Waals surface area (Å²) in [6.45, 7) is 2.67. The van der Waals surface area contributed by atoms with Crippen molar-refractivity contribution in [2.45, 2.75) is 6.92 Å². The Bertz CT molecular complexity index is 975. The Labute approximate surface area is 179 Å². The molecule has 7 nitrogen and oxygen atoms in total. The predicted molar refractivity (Wildman–Crippen MR) is 116 cm³/mol. The van der Waals surface area contributed by atoms with Crippen LogP contribution >= 0.6 is 11.8 Å². The van der Waals surface area contributed by atoms with Crippen LogP contribution in [0.3, 0.4) is 0 Å². The van der Waals surface area contributed by atoms with Gasteiger partial charge in [0.05, 0.1) is 18.6 Å². The molecule has 0 bridgehead atoms. The van der Waals surface area contributed by atoms with E-state index in [4.69, 9.17) is 9.47 Å². The summed E-state index contributed by atoms with van der Waals surface area (Å²) in [7, 11) is 1.54. The first-order chi connectivity index (χ1) is 14.5. The molecule has 1 heterocycles. The molecule has 0 saturated carbocycles. The van der Waals surface area contributed by atoms with Gasteiger partial charge < -0.3 is 14.8 Å². The van der Waals surface area contributed by atoms with Crippen LogP contribution in [0.2, 0.25) is 0 Å². The first-order valence-electron chi connectivity index (χ1n) is 9.43. The van der Waals surface area contributed by atoms with E-state index in [9.17, 15) is 14.4 Å². The van der Waals surface area contributed by atoms with E-state index in [1.807, 2.05) is 13.0 Å². The molecule has 1 saturated heterocycles. The van der Waals surface area contributed by atoms with E-state index in [-0.39, 0.29) is 30.1 Å². The lowest BCUT2D eigenvalue weighted by molar-refractivity contribution is -0.122. The van der Waals surface area contributed by atoms with Crippen LogP contribution in [-0.4, -0.2) is 48.8 Å². The van der Waals surface area contributed by atoms with Crippen molar-refractivity contribution in [3.8, 4) is 11.5 Å². The second-order valence-electron chi connectivity index (χ2n) is 6.30. The fourth-order valence-corrected chi connectivity index (χ4v) is 3.73. The van der Waals surface area contributed by atoms with E-state index >= 15 is 0 Å². The molecule has 1 aliphatic heterocycles. The molecule has 8 heteroatoms. The van der Waals surface area contributed by atoms with Crippen molar-refractivity contribution in [1.29, 1.82) is 0 Å². The van der Waals surface area contributed by atoms with Gasteiger partial charge in [-0.25, -0.2) is 0 Å². The quantitative estimate of drug-likeness (QED) is 0.650. The molecule has 0 aliphatic carbocycles. The standard InChI is InChI=1S/C22H22N2O5S/c1-3-29-17-10-9-15(13-18(17)28-2)14-19-21(26)24(22(27)30-19)12-11-23-20(25)16-7-5-4-6-8-16/h4-10,13-14H,3,11-12H2,1-2H3,(H,23,25)/b19-14-. The molecule has 1 aliphatic rings. The number of nitrogens with one attached hydrogen (secondary N) is 1. The lowest BCUT2D eigenvalue weighted by atomic mass is 10.2. The lowest BCUT2D eigenvalue weighted by Crippen LogP contribution is -2.37. The zero-order chi connectivity index (χ0) is 21.5. The second kappa shape index (κ2) is 9.98. The van der Waals surface area contributed by atoms with Crippen LogP contribution in [0.5, 0.6) is 11.5 Å². The molecule has 0 spiro atoms. The maximum Gasteiger partial charge on any atom is 0.293 e. The Balaban J connectivity index is 1.63. The number of imide groups is 1. The molecule has 2 aromatic carbocycles. The van der Waals surface area contributed by atoms with Gasteiger partial charge in [-0.15, -0.1) is 0 Å². The summed E-state index contributed by atoms with van der Waals surface area (Å²) >= 11 is 0.874. The Hall–Kier alpha value is -3.26. The molecule has 3 rings (SSSR count). The summed E-state index contributed by atoms with van der Waals surface area (Å²) < 4.78 is 10.8. The molecular formula is C22H22N2O5S. The second-order valence-corrected chi connectivity index (χ2v) is 7.29. The van der Waals surface area contributed by atoms with Crippen molar-refractivity contribution >= 4 is 34.9 Å². The summed E-state index contributed by atoms with van der Waals surface area (Å²) in [6, 6.07) is 14.1. The van der Waals surface area contributed by atoms with E-state index < -0.39 is 0 Å². The minimum atomic E-state index is -0.383. The molecule has 2 aromatic rings. The number of nitrogens with zero attached hydrogens (tertiary/aromatic N) is 1. The average Bonchev–Trinajstić information content (AvgIpc) is 3.02. The van der Waals surface area contributed by atoms with Gasteiger partial charge in [-0.2, -0.15) is 0 Å². The summed E-state index contributed by atoms with van der Waals surface area (Å²) in [5.41, 5.74) is 1.24. The first kappa shape index (κ1) is 21.4. The summed E-state index contributed by atoms with van der Waals surface area (Å²) in [4.78, 5) is 38.4. The van der Waals surface area contributed by atoms with Crippen molar-refractivity contribution in [2.24, 2.45) is 0 Å². The molecule has 0 aromatic heterocycles. The van der Waals surface area contributed by atoms with Crippen LogP contribution in [0, 0.1) is 0 Å². The minimum Gasteiger partial charge on any atom is -0.493 e. The molecular weight excluding hydrogens is 404 g/mol. The van der Waals surface area contributed by atoms with Crippen molar-refractivity contribution in [2.75, 3.05) is 26.8 Å². The number of ether oxygens (including phenoxy) is 2. The van der Waals surface area contributed by atoms with Crippen LogP contribution in [0.1, 0.15) is 22.8 Å². The summed E-state index contributed by atoms with van der Waals surface area (Å²) in [5, 5.41) is 2.36. The number of methoxy groups -OCH3 is 1. The van der Waals surface area contributed by atoms with Gasteiger partial charge in [-0.3, -0.25) is 19.3 Å². The van der Waals surface area contributed by atoms with Crippen LogP contribution in [-0.2, 0) is 4.79 Å². The van der Waals surface area contributed by atoms with E-state index in [1.165, 1.54) is 0 Å². The third kappa shape index (κ3) is 5.01. The third-order valence-corrected chi connectivity index (χ3v) is 5.22. The molecule has 0 unspecified atom stereocenters. The van der Waals surface area contributed by atoms with Gasteiger partial charge in [0.1, 0.15) is 0 Å². The molecule has 0 atom stereocenters. The highest BCUT2D eigenvalue weighted by Gasteiger charge is 2.34. The highest BCUT2D eigenvalue weighted by molar-refractivity contribution is 8.18. The fraction of sp³-hybridized carbons (Fsp3) is 0.227.